The fourth-order valence-electron chi connectivity index (χ4n) is 2.85. The number of nitrogens with zero attached hydrogens (tertiary/aromatic N) is 1. The second-order valence-electron chi connectivity index (χ2n) is 5.16. The van der Waals surface area contributed by atoms with Gasteiger partial charge in [0.1, 0.15) is 0 Å². The molecule has 0 aromatic heterocycles. The number of nitrogens with one attached hydrogen (secondary N) is 2. The third-order valence-corrected chi connectivity index (χ3v) is 3.98. The molecule has 1 aromatic rings. The van der Waals surface area contributed by atoms with Gasteiger partial charge < -0.3 is 15.5 Å². The van der Waals surface area contributed by atoms with Crippen LogP contribution in [0.3, 0.4) is 0 Å². The molecule has 0 radical (unpaired) electrons. The van der Waals surface area contributed by atoms with E-state index in [1.54, 1.807) is 7.05 Å². The van der Waals surface area contributed by atoms with Crippen molar-refractivity contribution in [3.8, 4) is 0 Å². The zero-order valence-corrected chi connectivity index (χ0v) is 12.4. The first kappa shape index (κ1) is 15.0. The third kappa shape index (κ3) is 2.37. The summed E-state index contributed by atoms with van der Waals surface area (Å²) < 4.78 is 0. The zero-order chi connectivity index (χ0) is 15.6. The summed E-state index contributed by atoms with van der Waals surface area (Å²) in [6, 6.07) is 7.28. The highest BCUT2D eigenvalue weighted by molar-refractivity contribution is 6.11. The van der Waals surface area contributed by atoms with Crippen LogP contribution in [-0.4, -0.2) is 38.9 Å². The molecule has 0 atom stereocenters. The third-order valence-electron chi connectivity index (χ3n) is 3.98. The summed E-state index contributed by atoms with van der Waals surface area (Å²) in [5, 5.41) is 5.07. The van der Waals surface area contributed by atoms with Gasteiger partial charge in [0, 0.05) is 39.7 Å². The Balaban J connectivity index is 2.56. The highest BCUT2D eigenvalue weighted by Gasteiger charge is 2.51. The lowest BCUT2D eigenvalue weighted by Crippen LogP contribution is -2.45. The van der Waals surface area contributed by atoms with E-state index in [1.807, 2.05) is 24.3 Å². The Morgan fingerprint density at radius 1 is 1.10 bits per heavy atom. The van der Waals surface area contributed by atoms with Crippen molar-refractivity contribution >= 4 is 23.4 Å². The van der Waals surface area contributed by atoms with E-state index in [4.69, 9.17) is 0 Å². The molecule has 0 fully saturated rings. The number of likely N-dealkylation sites (N-methyl/N-ethyl adjacent to an activating group) is 1. The van der Waals surface area contributed by atoms with E-state index in [9.17, 15) is 14.4 Å². The van der Waals surface area contributed by atoms with E-state index in [-0.39, 0.29) is 30.6 Å². The molecule has 0 saturated heterocycles. The molecule has 0 bridgehead atoms. The molecule has 0 unspecified atom stereocenters. The molecule has 1 aliphatic rings. The Kier molecular flexibility index (Phi) is 3.97. The number of anilines is 1. The second-order valence-corrected chi connectivity index (χ2v) is 5.16. The number of amides is 3. The highest BCUT2D eigenvalue weighted by atomic mass is 16.2. The molecule has 6 heteroatoms. The van der Waals surface area contributed by atoms with Gasteiger partial charge in [0.05, 0.1) is 5.41 Å². The second kappa shape index (κ2) is 5.55. The van der Waals surface area contributed by atoms with Crippen LogP contribution in [-0.2, 0) is 19.8 Å². The van der Waals surface area contributed by atoms with Crippen LogP contribution in [0.2, 0.25) is 0 Å². The van der Waals surface area contributed by atoms with Crippen molar-refractivity contribution in [3.63, 3.8) is 0 Å². The Morgan fingerprint density at radius 2 is 1.62 bits per heavy atom. The zero-order valence-electron chi connectivity index (χ0n) is 12.4. The normalized spacial score (nSPS) is 15.6. The van der Waals surface area contributed by atoms with Gasteiger partial charge in [-0.1, -0.05) is 18.2 Å². The SMILES string of the molecule is CNC(=O)CC1(CC(=O)NC)C(=O)N(C)c2ccccc21. The summed E-state index contributed by atoms with van der Waals surface area (Å²) in [4.78, 5) is 38.1. The van der Waals surface area contributed by atoms with E-state index in [1.165, 1.54) is 19.0 Å². The molecule has 1 heterocycles. The molecule has 1 aromatic carbocycles. The summed E-state index contributed by atoms with van der Waals surface area (Å²) in [5.74, 6) is -0.759. The van der Waals surface area contributed by atoms with Crippen molar-refractivity contribution < 1.29 is 14.4 Å². The molecule has 0 spiro atoms. The maximum absolute atomic E-state index is 12.8. The van der Waals surface area contributed by atoms with Gasteiger partial charge in [0.15, 0.2) is 0 Å². The van der Waals surface area contributed by atoms with Gasteiger partial charge in [-0.05, 0) is 11.6 Å². The Morgan fingerprint density at radius 3 is 2.14 bits per heavy atom. The van der Waals surface area contributed by atoms with Gasteiger partial charge in [0.2, 0.25) is 17.7 Å². The van der Waals surface area contributed by atoms with Crippen LogP contribution in [0.25, 0.3) is 0 Å². The highest BCUT2D eigenvalue weighted by Crippen LogP contribution is 2.45. The van der Waals surface area contributed by atoms with Crippen molar-refractivity contribution in [2.45, 2.75) is 18.3 Å². The minimum atomic E-state index is -1.13. The number of benzene rings is 1. The predicted molar refractivity (Wildman–Crippen MR) is 78.9 cm³/mol. The Hall–Kier alpha value is -2.37. The number of fused-ring (bicyclic) bond motifs is 1. The van der Waals surface area contributed by atoms with Crippen LogP contribution in [0.15, 0.2) is 24.3 Å². The summed E-state index contributed by atoms with van der Waals surface area (Å²) in [6.07, 6.45) is -0.0891. The van der Waals surface area contributed by atoms with E-state index in [0.29, 0.717) is 0 Å². The van der Waals surface area contributed by atoms with Crippen LogP contribution in [0.5, 0.6) is 0 Å². The maximum atomic E-state index is 12.8. The Bertz CT molecular complexity index is 580. The lowest BCUT2D eigenvalue weighted by atomic mass is 9.75. The lowest BCUT2D eigenvalue weighted by Gasteiger charge is -2.26. The molecule has 6 nitrogen and oxygen atoms in total. The quantitative estimate of drug-likeness (QED) is 0.829. The fraction of sp³-hybridized carbons (Fsp3) is 0.400. The monoisotopic (exact) mass is 289 g/mol. The van der Waals surface area contributed by atoms with Crippen molar-refractivity contribution in [3.05, 3.63) is 29.8 Å². The summed E-state index contributed by atoms with van der Waals surface area (Å²) in [6.45, 7) is 0. The summed E-state index contributed by atoms with van der Waals surface area (Å²) >= 11 is 0. The van der Waals surface area contributed by atoms with E-state index >= 15 is 0 Å². The van der Waals surface area contributed by atoms with Gasteiger partial charge in [-0.15, -0.1) is 0 Å². The molecule has 3 amide bonds. The van der Waals surface area contributed by atoms with Gasteiger partial charge in [-0.25, -0.2) is 0 Å². The minimum Gasteiger partial charge on any atom is -0.359 e. The maximum Gasteiger partial charge on any atom is 0.238 e. The first-order valence-electron chi connectivity index (χ1n) is 6.75. The van der Waals surface area contributed by atoms with Gasteiger partial charge in [-0.3, -0.25) is 14.4 Å². The lowest BCUT2D eigenvalue weighted by molar-refractivity contribution is -0.132. The topological polar surface area (TPSA) is 78.5 Å². The molecule has 112 valence electrons. The average Bonchev–Trinajstić information content (AvgIpc) is 2.70. The Labute approximate surface area is 123 Å². The average molecular weight is 289 g/mol. The van der Waals surface area contributed by atoms with Gasteiger partial charge in [0.25, 0.3) is 0 Å². The standard InChI is InChI=1S/C15H19N3O3/c1-16-12(19)8-15(9-13(20)17-2)10-6-4-5-7-11(10)18(3)14(15)21/h4-7H,8-9H2,1-3H3,(H,16,19)(H,17,20). The van der Waals surface area contributed by atoms with Gasteiger partial charge >= 0.3 is 0 Å². The van der Waals surface area contributed by atoms with Crippen LogP contribution in [0.4, 0.5) is 5.69 Å². The van der Waals surface area contributed by atoms with Gasteiger partial charge in [-0.2, -0.15) is 0 Å². The van der Waals surface area contributed by atoms with Crippen LogP contribution in [0.1, 0.15) is 18.4 Å². The van der Waals surface area contributed by atoms with Crippen molar-refractivity contribution in [1.29, 1.82) is 0 Å². The molecular weight excluding hydrogens is 270 g/mol. The largest absolute Gasteiger partial charge is 0.359 e. The van der Waals surface area contributed by atoms with Crippen LogP contribution < -0.4 is 15.5 Å². The number of carbonyl (C=O) groups is 3. The molecule has 0 saturated carbocycles. The predicted octanol–water partition coefficient (Wildman–Crippen LogP) is 0.173. The number of hydrogen-bond acceptors (Lipinski definition) is 3. The van der Waals surface area contributed by atoms with Crippen LogP contribution >= 0.6 is 0 Å². The molecule has 21 heavy (non-hydrogen) atoms. The van der Waals surface area contributed by atoms with Crippen molar-refractivity contribution in [1.82, 2.24) is 10.6 Å². The van der Waals surface area contributed by atoms with E-state index in [2.05, 4.69) is 10.6 Å². The number of para-hydroxylation sites is 1. The molecule has 2 N–H and O–H groups in total. The fourth-order valence-corrected chi connectivity index (χ4v) is 2.85. The van der Waals surface area contributed by atoms with Crippen molar-refractivity contribution in [2.24, 2.45) is 0 Å². The van der Waals surface area contributed by atoms with Crippen LogP contribution in [0, 0.1) is 0 Å². The number of rotatable bonds is 4. The first-order chi connectivity index (χ1) is 9.96. The molecule has 2 rings (SSSR count). The first-order valence-corrected chi connectivity index (χ1v) is 6.75. The molecule has 1 aliphatic heterocycles. The summed E-state index contributed by atoms with van der Waals surface area (Å²) in [7, 11) is 4.70. The van der Waals surface area contributed by atoms with E-state index in [0.717, 1.165) is 11.3 Å². The molecular formula is C15H19N3O3. The summed E-state index contributed by atoms with van der Waals surface area (Å²) in [5.41, 5.74) is 0.339. The number of hydrogen-bond donors (Lipinski definition) is 2. The van der Waals surface area contributed by atoms with Crippen molar-refractivity contribution in [2.75, 3.05) is 26.0 Å². The minimum absolute atomic E-state index is 0.0445. The molecule has 0 aliphatic carbocycles. The van der Waals surface area contributed by atoms with E-state index < -0.39 is 5.41 Å². The smallest absolute Gasteiger partial charge is 0.238 e. The number of carbonyl (C=O) groups excluding carboxylic acids is 3.